The maximum Gasteiger partial charge on any atom is 0.127 e. The Balaban J connectivity index is 1.92. The van der Waals surface area contributed by atoms with Crippen LogP contribution in [0.5, 0.6) is 5.75 Å². The van der Waals surface area contributed by atoms with Gasteiger partial charge < -0.3 is 10.1 Å². The molecule has 1 aliphatic heterocycles. The number of ether oxygens (including phenoxy) is 1. The van der Waals surface area contributed by atoms with E-state index < -0.39 is 0 Å². The molecule has 21 heavy (non-hydrogen) atoms. The highest BCUT2D eigenvalue weighted by Gasteiger charge is 2.21. The maximum absolute atomic E-state index is 13.9. The van der Waals surface area contributed by atoms with Crippen molar-refractivity contribution in [2.75, 3.05) is 13.7 Å². The first-order valence-corrected chi connectivity index (χ1v) is 7.45. The summed E-state index contributed by atoms with van der Waals surface area (Å²) in [6, 6.07) is 13.3. The molecule has 0 aromatic heterocycles. The number of hydrogen-bond donors (Lipinski definition) is 1. The van der Waals surface area contributed by atoms with Crippen LogP contribution in [0.2, 0.25) is 0 Å². The molecule has 1 unspecified atom stereocenters. The molecule has 1 heterocycles. The smallest absolute Gasteiger partial charge is 0.127 e. The van der Waals surface area contributed by atoms with Gasteiger partial charge in [-0.15, -0.1) is 0 Å². The SMILES string of the molecule is CNC(Cc1ccccc1F)c1cccc2c1OCCC2. The number of likely N-dealkylation sites (N-methyl/N-ethyl adjacent to an activating group) is 1. The van der Waals surface area contributed by atoms with Gasteiger partial charge in [-0.05, 0) is 43.5 Å². The summed E-state index contributed by atoms with van der Waals surface area (Å²) >= 11 is 0. The molecule has 110 valence electrons. The minimum absolute atomic E-state index is 0.0509. The molecule has 0 radical (unpaired) electrons. The monoisotopic (exact) mass is 285 g/mol. The molecule has 1 atom stereocenters. The number of nitrogens with one attached hydrogen (secondary N) is 1. The highest BCUT2D eigenvalue weighted by Crippen LogP contribution is 2.34. The van der Waals surface area contributed by atoms with Crippen molar-refractivity contribution in [1.29, 1.82) is 0 Å². The highest BCUT2D eigenvalue weighted by atomic mass is 19.1. The number of aryl methyl sites for hydroxylation is 1. The second kappa shape index (κ2) is 6.27. The Morgan fingerprint density at radius 3 is 2.86 bits per heavy atom. The van der Waals surface area contributed by atoms with Crippen LogP contribution in [0.15, 0.2) is 42.5 Å². The van der Waals surface area contributed by atoms with Gasteiger partial charge in [0.25, 0.3) is 0 Å². The van der Waals surface area contributed by atoms with Crippen molar-refractivity contribution in [2.45, 2.75) is 25.3 Å². The first kappa shape index (κ1) is 14.1. The first-order valence-electron chi connectivity index (χ1n) is 7.45. The summed E-state index contributed by atoms with van der Waals surface area (Å²) in [4.78, 5) is 0. The van der Waals surface area contributed by atoms with Gasteiger partial charge in [0.15, 0.2) is 0 Å². The van der Waals surface area contributed by atoms with E-state index in [1.807, 2.05) is 19.2 Å². The van der Waals surface area contributed by atoms with Crippen LogP contribution in [0, 0.1) is 5.82 Å². The minimum Gasteiger partial charge on any atom is -0.493 e. The minimum atomic E-state index is -0.150. The van der Waals surface area contributed by atoms with Crippen LogP contribution in [0.1, 0.15) is 29.2 Å². The average Bonchev–Trinajstić information content (AvgIpc) is 2.54. The summed E-state index contributed by atoms with van der Waals surface area (Å²) in [5.74, 6) is 0.836. The topological polar surface area (TPSA) is 21.3 Å². The summed E-state index contributed by atoms with van der Waals surface area (Å²) in [7, 11) is 1.91. The standard InChI is InChI=1S/C18H20FNO/c1-20-17(12-14-6-2-3-10-16(14)19)15-9-4-7-13-8-5-11-21-18(13)15/h2-4,6-7,9-10,17,20H,5,8,11-12H2,1H3. The van der Waals surface area contributed by atoms with E-state index in [4.69, 9.17) is 4.74 Å². The van der Waals surface area contributed by atoms with Gasteiger partial charge in [0, 0.05) is 11.6 Å². The van der Waals surface area contributed by atoms with E-state index in [-0.39, 0.29) is 11.9 Å². The van der Waals surface area contributed by atoms with Crippen molar-refractivity contribution in [1.82, 2.24) is 5.32 Å². The van der Waals surface area contributed by atoms with Gasteiger partial charge in [-0.2, -0.15) is 0 Å². The van der Waals surface area contributed by atoms with Crippen molar-refractivity contribution < 1.29 is 9.13 Å². The lowest BCUT2D eigenvalue weighted by Crippen LogP contribution is -2.22. The number of hydrogen-bond acceptors (Lipinski definition) is 2. The van der Waals surface area contributed by atoms with E-state index in [9.17, 15) is 4.39 Å². The zero-order chi connectivity index (χ0) is 14.7. The quantitative estimate of drug-likeness (QED) is 0.925. The fraction of sp³-hybridized carbons (Fsp3) is 0.333. The Hall–Kier alpha value is -1.87. The Kier molecular flexibility index (Phi) is 4.20. The molecular weight excluding hydrogens is 265 g/mol. The van der Waals surface area contributed by atoms with Gasteiger partial charge in [0.1, 0.15) is 11.6 Å². The molecule has 0 amide bonds. The lowest BCUT2D eigenvalue weighted by atomic mass is 9.94. The molecule has 3 heteroatoms. The lowest BCUT2D eigenvalue weighted by molar-refractivity contribution is 0.282. The van der Waals surface area contributed by atoms with Crippen molar-refractivity contribution in [3.63, 3.8) is 0 Å². The van der Waals surface area contributed by atoms with Gasteiger partial charge in [-0.3, -0.25) is 0 Å². The van der Waals surface area contributed by atoms with Gasteiger partial charge in [0.05, 0.1) is 6.61 Å². The zero-order valence-corrected chi connectivity index (χ0v) is 12.2. The van der Waals surface area contributed by atoms with Crippen molar-refractivity contribution in [2.24, 2.45) is 0 Å². The molecule has 0 aliphatic carbocycles. The van der Waals surface area contributed by atoms with Crippen LogP contribution in [-0.2, 0) is 12.8 Å². The third kappa shape index (κ3) is 2.93. The normalized spacial score (nSPS) is 15.1. The van der Waals surface area contributed by atoms with Crippen molar-refractivity contribution in [3.8, 4) is 5.75 Å². The third-order valence-electron chi connectivity index (χ3n) is 4.07. The van der Waals surface area contributed by atoms with Crippen molar-refractivity contribution in [3.05, 3.63) is 65.0 Å². The molecule has 0 spiro atoms. The van der Waals surface area contributed by atoms with Gasteiger partial charge in [0.2, 0.25) is 0 Å². The van der Waals surface area contributed by atoms with Crippen LogP contribution >= 0.6 is 0 Å². The number of benzene rings is 2. The fourth-order valence-electron chi connectivity index (χ4n) is 2.94. The summed E-state index contributed by atoms with van der Waals surface area (Å²) in [5, 5.41) is 3.30. The van der Waals surface area contributed by atoms with E-state index >= 15 is 0 Å². The summed E-state index contributed by atoms with van der Waals surface area (Å²) in [5.41, 5.74) is 3.11. The number of fused-ring (bicyclic) bond motifs is 1. The van der Waals surface area contributed by atoms with Crippen LogP contribution in [0.25, 0.3) is 0 Å². The second-order valence-corrected chi connectivity index (χ2v) is 5.42. The molecule has 1 N–H and O–H groups in total. The number of rotatable bonds is 4. The maximum atomic E-state index is 13.9. The zero-order valence-electron chi connectivity index (χ0n) is 12.2. The predicted molar refractivity (Wildman–Crippen MR) is 82.2 cm³/mol. The second-order valence-electron chi connectivity index (χ2n) is 5.42. The molecule has 0 bridgehead atoms. The molecule has 2 aromatic carbocycles. The molecule has 0 fully saturated rings. The van der Waals surface area contributed by atoms with Crippen LogP contribution in [0.4, 0.5) is 4.39 Å². The number of halogens is 1. The lowest BCUT2D eigenvalue weighted by Gasteiger charge is -2.25. The van der Waals surface area contributed by atoms with Crippen LogP contribution < -0.4 is 10.1 Å². The molecule has 2 aromatic rings. The molecule has 0 saturated heterocycles. The van der Waals surface area contributed by atoms with E-state index in [1.165, 1.54) is 11.6 Å². The molecular formula is C18H20FNO. The van der Waals surface area contributed by atoms with E-state index in [0.29, 0.717) is 6.42 Å². The van der Waals surface area contributed by atoms with E-state index in [0.717, 1.165) is 36.3 Å². The van der Waals surface area contributed by atoms with Crippen LogP contribution in [0.3, 0.4) is 0 Å². The average molecular weight is 285 g/mol. The first-order chi connectivity index (χ1) is 10.3. The summed E-state index contributed by atoms with van der Waals surface area (Å²) in [6.45, 7) is 0.764. The summed E-state index contributed by atoms with van der Waals surface area (Å²) in [6.07, 6.45) is 2.73. The van der Waals surface area contributed by atoms with Gasteiger partial charge in [-0.25, -0.2) is 4.39 Å². The largest absolute Gasteiger partial charge is 0.493 e. The predicted octanol–water partition coefficient (Wildman–Crippen LogP) is 3.65. The highest BCUT2D eigenvalue weighted by molar-refractivity contribution is 5.45. The van der Waals surface area contributed by atoms with E-state index in [2.05, 4.69) is 23.5 Å². The number of para-hydroxylation sites is 1. The van der Waals surface area contributed by atoms with E-state index in [1.54, 1.807) is 6.07 Å². The Morgan fingerprint density at radius 1 is 1.19 bits per heavy atom. The third-order valence-corrected chi connectivity index (χ3v) is 4.07. The molecule has 3 rings (SSSR count). The molecule has 1 aliphatic rings. The van der Waals surface area contributed by atoms with Gasteiger partial charge >= 0.3 is 0 Å². The summed E-state index contributed by atoms with van der Waals surface area (Å²) < 4.78 is 19.8. The van der Waals surface area contributed by atoms with Crippen LogP contribution in [-0.4, -0.2) is 13.7 Å². The Morgan fingerprint density at radius 2 is 2.05 bits per heavy atom. The fourth-order valence-corrected chi connectivity index (χ4v) is 2.94. The van der Waals surface area contributed by atoms with Crippen molar-refractivity contribution >= 4 is 0 Å². The molecule has 2 nitrogen and oxygen atoms in total. The Bertz CT molecular complexity index is 626. The Labute approximate surface area is 125 Å². The molecule has 0 saturated carbocycles. The van der Waals surface area contributed by atoms with Gasteiger partial charge in [-0.1, -0.05) is 36.4 Å².